The molecule has 2 rings (SSSR count). The van der Waals surface area contributed by atoms with E-state index < -0.39 is 11.1 Å². The van der Waals surface area contributed by atoms with Crippen LogP contribution in [-0.4, -0.2) is 17.7 Å². The molecule has 0 amide bonds. The molecule has 0 heterocycles. The number of carbonyl (C=O) groups excluding carboxylic acids is 1. The van der Waals surface area contributed by atoms with E-state index in [0.717, 1.165) is 6.42 Å². The second-order valence-electron chi connectivity index (χ2n) is 5.24. The van der Waals surface area contributed by atoms with Gasteiger partial charge in [0.2, 0.25) is 0 Å². The first-order valence-electron chi connectivity index (χ1n) is 7.24. The molecule has 1 aliphatic carbocycles. The van der Waals surface area contributed by atoms with Gasteiger partial charge in [-0.2, -0.15) is 0 Å². The van der Waals surface area contributed by atoms with Crippen molar-refractivity contribution in [3.8, 4) is 5.75 Å². The van der Waals surface area contributed by atoms with Crippen LogP contribution in [0.25, 0.3) is 0 Å². The van der Waals surface area contributed by atoms with Crippen LogP contribution >= 0.6 is 0 Å². The summed E-state index contributed by atoms with van der Waals surface area (Å²) in [5.41, 5.74) is -0.0481. The van der Waals surface area contributed by atoms with Crippen molar-refractivity contribution < 1.29 is 19.2 Å². The van der Waals surface area contributed by atoms with Gasteiger partial charge in [-0.1, -0.05) is 32.1 Å². The van der Waals surface area contributed by atoms with Crippen LogP contribution in [0.3, 0.4) is 0 Å². The van der Waals surface area contributed by atoms with Crippen LogP contribution in [0, 0.1) is 16.0 Å². The molecule has 0 unspecified atom stereocenters. The van der Waals surface area contributed by atoms with E-state index in [1.807, 2.05) is 0 Å². The van der Waals surface area contributed by atoms with Crippen LogP contribution in [-0.2, 0) is 4.74 Å². The topological polar surface area (TPSA) is 78.7 Å². The van der Waals surface area contributed by atoms with Gasteiger partial charge in [-0.15, -0.1) is 0 Å². The highest BCUT2D eigenvalue weighted by atomic mass is 16.7. The van der Waals surface area contributed by atoms with Gasteiger partial charge >= 0.3 is 6.16 Å². The van der Waals surface area contributed by atoms with E-state index in [2.05, 4.69) is 0 Å². The first-order chi connectivity index (χ1) is 10.1. The molecule has 0 aromatic heterocycles. The predicted octanol–water partition coefficient (Wildman–Crippen LogP) is 4.08. The minimum absolute atomic E-state index is 0.0481. The standard InChI is InChI=1S/C15H19NO5/c17-15(20-11-10-12-4-2-1-3-5-12)21-14-8-6-13(7-9-14)16(18)19/h6-9,12H,1-5,10-11H2. The van der Waals surface area contributed by atoms with Crippen LogP contribution in [0.4, 0.5) is 10.5 Å². The molecule has 6 heteroatoms. The molecular formula is C15H19NO5. The van der Waals surface area contributed by atoms with E-state index in [1.54, 1.807) is 0 Å². The number of nitro groups is 1. The molecule has 0 atom stereocenters. The number of benzene rings is 1. The zero-order chi connectivity index (χ0) is 15.1. The average molecular weight is 293 g/mol. The van der Waals surface area contributed by atoms with E-state index in [0.29, 0.717) is 12.5 Å². The fraction of sp³-hybridized carbons (Fsp3) is 0.533. The third-order valence-corrected chi connectivity index (χ3v) is 3.72. The van der Waals surface area contributed by atoms with Crippen LogP contribution in [0.5, 0.6) is 5.75 Å². The van der Waals surface area contributed by atoms with E-state index in [9.17, 15) is 14.9 Å². The number of hydrogen-bond donors (Lipinski definition) is 0. The number of non-ortho nitro benzene ring substituents is 1. The van der Waals surface area contributed by atoms with Crippen LogP contribution in [0.2, 0.25) is 0 Å². The third-order valence-electron chi connectivity index (χ3n) is 3.72. The highest BCUT2D eigenvalue weighted by Gasteiger charge is 2.14. The van der Waals surface area contributed by atoms with Crippen molar-refractivity contribution in [3.05, 3.63) is 34.4 Å². The first-order valence-corrected chi connectivity index (χ1v) is 7.24. The summed E-state index contributed by atoms with van der Waals surface area (Å²) in [5.74, 6) is 0.884. The molecular weight excluding hydrogens is 274 g/mol. The Balaban J connectivity index is 1.70. The molecule has 1 fully saturated rings. The lowest BCUT2D eigenvalue weighted by atomic mass is 9.87. The summed E-state index contributed by atoms with van der Waals surface area (Å²) in [4.78, 5) is 21.5. The molecule has 0 spiro atoms. The van der Waals surface area contributed by atoms with Crippen molar-refractivity contribution in [2.75, 3.05) is 6.61 Å². The quantitative estimate of drug-likeness (QED) is 0.354. The maximum absolute atomic E-state index is 11.5. The van der Waals surface area contributed by atoms with Crippen molar-refractivity contribution in [2.24, 2.45) is 5.92 Å². The molecule has 1 aromatic carbocycles. The second kappa shape index (κ2) is 7.61. The van der Waals surface area contributed by atoms with Gasteiger partial charge in [0.1, 0.15) is 5.75 Å². The number of hydrogen-bond acceptors (Lipinski definition) is 5. The monoisotopic (exact) mass is 293 g/mol. The summed E-state index contributed by atoms with van der Waals surface area (Å²) in [6.07, 6.45) is 6.35. The molecule has 1 aliphatic rings. The third kappa shape index (κ3) is 5.06. The van der Waals surface area contributed by atoms with Gasteiger partial charge in [-0.05, 0) is 24.5 Å². The van der Waals surface area contributed by atoms with Gasteiger partial charge in [0.25, 0.3) is 5.69 Å². The Morgan fingerprint density at radius 1 is 1.19 bits per heavy atom. The molecule has 114 valence electrons. The zero-order valence-electron chi connectivity index (χ0n) is 11.8. The van der Waals surface area contributed by atoms with Crippen LogP contribution < -0.4 is 4.74 Å². The smallest absolute Gasteiger partial charge is 0.434 e. The molecule has 0 N–H and O–H groups in total. The Morgan fingerprint density at radius 2 is 1.86 bits per heavy atom. The fourth-order valence-electron chi connectivity index (χ4n) is 2.55. The van der Waals surface area contributed by atoms with Gasteiger partial charge in [0, 0.05) is 12.1 Å². The first kappa shape index (κ1) is 15.3. The highest BCUT2D eigenvalue weighted by Crippen LogP contribution is 2.26. The molecule has 1 saturated carbocycles. The summed E-state index contributed by atoms with van der Waals surface area (Å²) in [5, 5.41) is 10.5. The van der Waals surface area contributed by atoms with Crippen molar-refractivity contribution in [2.45, 2.75) is 38.5 Å². The molecule has 0 aliphatic heterocycles. The van der Waals surface area contributed by atoms with Crippen LogP contribution in [0.1, 0.15) is 38.5 Å². The molecule has 1 aromatic rings. The second-order valence-corrected chi connectivity index (χ2v) is 5.24. The van der Waals surface area contributed by atoms with Crippen molar-refractivity contribution in [1.82, 2.24) is 0 Å². The summed E-state index contributed by atoms with van der Waals surface area (Å²) < 4.78 is 9.99. The molecule has 21 heavy (non-hydrogen) atoms. The number of nitro benzene ring substituents is 1. The summed E-state index contributed by atoms with van der Waals surface area (Å²) in [6.45, 7) is 0.358. The minimum Gasteiger partial charge on any atom is -0.434 e. The molecule has 0 saturated heterocycles. The lowest BCUT2D eigenvalue weighted by Crippen LogP contribution is -2.15. The van der Waals surface area contributed by atoms with Gasteiger partial charge in [0.15, 0.2) is 0 Å². The van der Waals surface area contributed by atoms with E-state index >= 15 is 0 Å². The van der Waals surface area contributed by atoms with E-state index in [-0.39, 0.29) is 11.4 Å². The van der Waals surface area contributed by atoms with Gasteiger partial charge in [-0.3, -0.25) is 10.1 Å². The minimum atomic E-state index is -0.764. The maximum Gasteiger partial charge on any atom is 0.513 e. The van der Waals surface area contributed by atoms with Gasteiger partial charge in [0.05, 0.1) is 11.5 Å². The predicted molar refractivity (Wildman–Crippen MR) is 76.3 cm³/mol. The van der Waals surface area contributed by atoms with E-state index in [1.165, 1.54) is 56.4 Å². The highest BCUT2D eigenvalue weighted by molar-refractivity contribution is 5.63. The zero-order valence-corrected chi connectivity index (χ0v) is 11.8. The Labute approximate surface area is 123 Å². The van der Waals surface area contributed by atoms with Crippen molar-refractivity contribution in [3.63, 3.8) is 0 Å². The Hall–Kier alpha value is -2.11. The van der Waals surface area contributed by atoms with Gasteiger partial charge < -0.3 is 9.47 Å². The maximum atomic E-state index is 11.5. The van der Waals surface area contributed by atoms with E-state index in [4.69, 9.17) is 9.47 Å². The molecule has 0 radical (unpaired) electrons. The van der Waals surface area contributed by atoms with Crippen molar-refractivity contribution in [1.29, 1.82) is 0 Å². The number of ether oxygens (including phenoxy) is 2. The lowest BCUT2D eigenvalue weighted by molar-refractivity contribution is -0.384. The van der Waals surface area contributed by atoms with Crippen molar-refractivity contribution >= 4 is 11.8 Å². The fourth-order valence-corrected chi connectivity index (χ4v) is 2.55. The number of nitrogens with zero attached hydrogens (tertiary/aromatic N) is 1. The number of carbonyl (C=O) groups is 1. The Kier molecular flexibility index (Phi) is 5.54. The summed E-state index contributed by atoms with van der Waals surface area (Å²) in [6, 6.07) is 5.32. The average Bonchev–Trinajstić information content (AvgIpc) is 2.49. The largest absolute Gasteiger partial charge is 0.513 e. The Bertz CT molecular complexity index is 479. The SMILES string of the molecule is O=C(OCCC1CCCCC1)Oc1ccc([N+](=O)[O-])cc1. The Morgan fingerprint density at radius 3 is 2.48 bits per heavy atom. The molecule has 6 nitrogen and oxygen atoms in total. The summed E-state index contributed by atoms with van der Waals surface area (Å²) in [7, 11) is 0. The van der Waals surface area contributed by atoms with Crippen LogP contribution in [0.15, 0.2) is 24.3 Å². The number of rotatable bonds is 5. The van der Waals surface area contributed by atoms with Gasteiger partial charge in [-0.25, -0.2) is 4.79 Å². The molecule has 0 bridgehead atoms. The lowest BCUT2D eigenvalue weighted by Gasteiger charge is -2.20. The normalized spacial score (nSPS) is 15.4. The summed E-state index contributed by atoms with van der Waals surface area (Å²) >= 11 is 0.